The molecule has 0 atom stereocenters. The highest BCUT2D eigenvalue weighted by molar-refractivity contribution is 5.90. The second-order valence-corrected chi connectivity index (χ2v) is 8.60. The Morgan fingerprint density at radius 3 is 2.64 bits per heavy atom. The minimum atomic E-state index is -0.226. The summed E-state index contributed by atoms with van der Waals surface area (Å²) in [5.74, 6) is 1.49. The van der Waals surface area contributed by atoms with Crippen LogP contribution in [0, 0.1) is 6.92 Å². The van der Waals surface area contributed by atoms with E-state index in [-0.39, 0.29) is 23.9 Å². The maximum atomic E-state index is 12.4. The summed E-state index contributed by atoms with van der Waals surface area (Å²) in [5, 5.41) is 3.98. The molecule has 0 unspecified atom stereocenters. The Hall–Kier alpha value is -3.33. The van der Waals surface area contributed by atoms with Gasteiger partial charge in [-0.25, -0.2) is 9.97 Å². The van der Waals surface area contributed by atoms with Crippen LogP contribution in [0.25, 0.3) is 10.9 Å². The zero-order valence-corrected chi connectivity index (χ0v) is 18.7. The van der Waals surface area contributed by atoms with Gasteiger partial charge in [0, 0.05) is 43.8 Å². The quantitative estimate of drug-likeness (QED) is 0.636. The number of carbonyl (C=O) groups is 1. The van der Waals surface area contributed by atoms with Gasteiger partial charge in [0.25, 0.3) is 5.91 Å². The minimum Gasteiger partial charge on any atom is -0.474 e. The molecule has 1 N–H and O–H groups in total. The molecule has 3 aromatic heterocycles. The van der Waals surface area contributed by atoms with E-state index in [9.17, 15) is 4.79 Å². The van der Waals surface area contributed by atoms with Gasteiger partial charge in [0.1, 0.15) is 11.9 Å². The molecule has 0 radical (unpaired) electrons. The molecule has 3 aromatic rings. The number of rotatable bonds is 5. The summed E-state index contributed by atoms with van der Waals surface area (Å²) in [6.45, 7) is 4.90. The van der Waals surface area contributed by atoms with Gasteiger partial charge < -0.3 is 19.7 Å². The summed E-state index contributed by atoms with van der Waals surface area (Å²) in [6.07, 6.45) is 8.50. The van der Waals surface area contributed by atoms with Crippen molar-refractivity contribution < 1.29 is 14.3 Å². The van der Waals surface area contributed by atoms with Gasteiger partial charge in [0.05, 0.1) is 24.1 Å². The fraction of sp³-hybridized carbons (Fsp3) is 0.458. The number of fused-ring (bicyclic) bond motifs is 1. The van der Waals surface area contributed by atoms with Crippen molar-refractivity contribution in [2.45, 2.75) is 44.8 Å². The summed E-state index contributed by atoms with van der Waals surface area (Å²) in [5.41, 5.74) is 1.81. The smallest absolute Gasteiger partial charge is 0.289 e. The van der Waals surface area contributed by atoms with Crippen LogP contribution < -0.4 is 15.0 Å². The van der Waals surface area contributed by atoms with Crippen molar-refractivity contribution in [3.8, 4) is 5.88 Å². The molecule has 9 heteroatoms. The summed E-state index contributed by atoms with van der Waals surface area (Å²) >= 11 is 0. The number of carbonyl (C=O) groups excluding carboxylic acids is 1. The number of ether oxygens (including phenoxy) is 2. The second-order valence-electron chi connectivity index (χ2n) is 8.60. The molecule has 2 aliphatic rings. The van der Waals surface area contributed by atoms with Crippen LogP contribution in [-0.4, -0.2) is 64.3 Å². The van der Waals surface area contributed by atoms with Crippen LogP contribution in [0.4, 0.5) is 5.82 Å². The molecule has 4 heterocycles. The first-order valence-corrected chi connectivity index (χ1v) is 11.5. The number of hydrogen-bond acceptors (Lipinski definition) is 8. The monoisotopic (exact) mass is 448 g/mol. The summed E-state index contributed by atoms with van der Waals surface area (Å²) in [7, 11) is 0. The molecule has 2 fully saturated rings. The summed E-state index contributed by atoms with van der Waals surface area (Å²) in [6, 6.07) is 6.02. The van der Waals surface area contributed by atoms with Crippen molar-refractivity contribution in [3.63, 3.8) is 0 Å². The lowest BCUT2D eigenvalue weighted by Crippen LogP contribution is -2.40. The number of aryl methyl sites for hydroxylation is 1. The molecule has 0 aromatic carbocycles. The average Bonchev–Trinajstić information content (AvgIpc) is 2.86. The SMILES string of the molecule is Cc1cnc(C(=O)N[C@H]2CC[C@@H](Oc3nc(N4CCOCC4)cc4ncccc34)CC2)nc1. The Balaban J connectivity index is 1.24. The fourth-order valence-electron chi connectivity index (χ4n) is 4.32. The summed E-state index contributed by atoms with van der Waals surface area (Å²) < 4.78 is 11.9. The Bertz CT molecular complexity index is 1110. The van der Waals surface area contributed by atoms with Crippen LogP contribution in [0.2, 0.25) is 0 Å². The van der Waals surface area contributed by atoms with Crippen LogP contribution in [-0.2, 0) is 4.74 Å². The van der Waals surface area contributed by atoms with Gasteiger partial charge in [-0.3, -0.25) is 9.78 Å². The number of anilines is 1. The number of pyridine rings is 2. The molecule has 1 saturated carbocycles. The zero-order valence-electron chi connectivity index (χ0n) is 18.7. The third-order valence-corrected chi connectivity index (χ3v) is 6.16. The van der Waals surface area contributed by atoms with Gasteiger partial charge in [0.15, 0.2) is 0 Å². The largest absolute Gasteiger partial charge is 0.474 e. The highest BCUT2D eigenvalue weighted by Crippen LogP contribution is 2.31. The molecular formula is C24H28N6O3. The van der Waals surface area contributed by atoms with Gasteiger partial charge in [-0.2, -0.15) is 4.98 Å². The second kappa shape index (κ2) is 9.66. The van der Waals surface area contributed by atoms with E-state index in [1.54, 1.807) is 18.6 Å². The van der Waals surface area contributed by atoms with Gasteiger partial charge in [0.2, 0.25) is 11.7 Å². The van der Waals surface area contributed by atoms with E-state index in [2.05, 4.69) is 25.2 Å². The number of amides is 1. The van der Waals surface area contributed by atoms with E-state index >= 15 is 0 Å². The van der Waals surface area contributed by atoms with E-state index in [1.165, 1.54) is 0 Å². The van der Waals surface area contributed by atoms with Crippen molar-refractivity contribution in [1.82, 2.24) is 25.3 Å². The van der Waals surface area contributed by atoms with Crippen LogP contribution in [0.5, 0.6) is 5.88 Å². The van der Waals surface area contributed by atoms with Crippen molar-refractivity contribution in [2.24, 2.45) is 0 Å². The molecule has 1 saturated heterocycles. The van der Waals surface area contributed by atoms with Gasteiger partial charge in [-0.1, -0.05) is 0 Å². The van der Waals surface area contributed by atoms with E-state index < -0.39 is 0 Å². The first-order chi connectivity index (χ1) is 16.2. The third-order valence-electron chi connectivity index (χ3n) is 6.16. The molecule has 9 nitrogen and oxygen atoms in total. The molecule has 0 bridgehead atoms. The number of morpholine rings is 1. The highest BCUT2D eigenvalue weighted by Gasteiger charge is 2.26. The number of nitrogens with one attached hydrogen (secondary N) is 1. The predicted molar refractivity (Wildman–Crippen MR) is 123 cm³/mol. The maximum Gasteiger partial charge on any atom is 0.289 e. The molecule has 0 spiro atoms. The van der Waals surface area contributed by atoms with Crippen molar-refractivity contribution in [1.29, 1.82) is 0 Å². The van der Waals surface area contributed by atoms with Crippen LogP contribution in [0.15, 0.2) is 36.8 Å². The number of aromatic nitrogens is 4. The van der Waals surface area contributed by atoms with Crippen molar-refractivity contribution in [3.05, 3.63) is 48.2 Å². The maximum absolute atomic E-state index is 12.4. The van der Waals surface area contributed by atoms with E-state index in [4.69, 9.17) is 14.5 Å². The lowest BCUT2D eigenvalue weighted by atomic mass is 9.93. The lowest BCUT2D eigenvalue weighted by molar-refractivity contribution is 0.0881. The standard InChI is InChI=1S/C24H28N6O3/c1-16-14-26-22(27-15-16)23(31)28-17-4-6-18(7-5-17)33-24-19-3-2-8-25-20(19)13-21(29-24)30-9-11-32-12-10-30/h2-3,8,13-15,17-18H,4-7,9-12H2,1H3,(H,28,31)/t17-,18+. The molecular weight excluding hydrogens is 420 g/mol. The zero-order chi connectivity index (χ0) is 22.6. The normalized spacial score (nSPS) is 21.1. The van der Waals surface area contributed by atoms with Crippen LogP contribution in [0.3, 0.4) is 0 Å². The topological polar surface area (TPSA) is 102 Å². The van der Waals surface area contributed by atoms with Crippen LogP contribution >= 0.6 is 0 Å². The minimum absolute atomic E-state index is 0.0459. The Kier molecular flexibility index (Phi) is 6.30. The Morgan fingerprint density at radius 1 is 1.12 bits per heavy atom. The van der Waals surface area contributed by atoms with E-state index in [0.717, 1.165) is 61.1 Å². The van der Waals surface area contributed by atoms with Crippen molar-refractivity contribution in [2.75, 3.05) is 31.2 Å². The van der Waals surface area contributed by atoms with E-state index in [0.29, 0.717) is 19.1 Å². The Morgan fingerprint density at radius 2 is 1.88 bits per heavy atom. The van der Waals surface area contributed by atoms with Gasteiger partial charge in [-0.15, -0.1) is 0 Å². The molecule has 1 aliphatic carbocycles. The number of hydrogen-bond donors (Lipinski definition) is 1. The van der Waals surface area contributed by atoms with Crippen molar-refractivity contribution >= 4 is 22.6 Å². The third kappa shape index (κ3) is 5.03. The lowest BCUT2D eigenvalue weighted by Gasteiger charge is -2.30. The van der Waals surface area contributed by atoms with Gasteiger partial charge >= 0.3 is 0 Å². The molecule has 1 amide bonds. The predicted octanol–water partition coefficient (Wildman–Crippen LogP) is 2.68. The molecule has 5 rings (SSSR count). The fourth-order valence-corrected chi connectivity index (χ4v) is 4.32. The highest BCUT2D eigenvalue weighted by atomic mass is 16.5. The Labute approximate surface area is 192 Å². The van der Waals surface area contributed by atoms with E-state index in [1.807, 2.05) is 25.1 Å². The summed E-state index contributed by atoms with van der Waals surface area (Å²) in [4.78, 5) is 32.3. The molecule has 1 aliphatic heterocycles. The first kappa shape index (κ1) is 21.5. The van der Waals surface area contributed by atoms with Gasteiger partial charge in [-0.05, 0) is 50.3 Å². The average molecular weight is 449 g/mol. The molecule has 172 valence electrons. The molecule has 33 heavy (non-hydrogen) atoms. The number of nitrogens with zero attached hydrogens (tertiary/aromatic N) is 5. The van der Waals surface area contributed by atoms with Crippen LogP contribution in [0.1, 0.15) is 41.9 Å². The first-order valence-electron chi connectivity index (χ1n) is 11.5.